The summed E-state index contributed by atoms with van der Waals surface area (Å²) in [7, 11) is 2.00. The molecule has 6 nitrogen and oxygen atoms in total. The lowest BCUT2D eigenvalue weighted by atomic mass is 9.80. The van der Waals surface area contributed by atoms with E-state index in [4.69, 9.17) is 9.47 Å². The average molecular weight is 419 g/mol. The molecule has 1 aliphatic heterocycles. The first-order valence-electron chi connectivity index (χ1n) is 11.4. The minimum Gasteiger partial charge on any atom is -0.462 e. The van der Waals surface area contributed by atoms with E-state index in [1.165, 1.54) is 0 Å². The summed E-state index contributed by atoms with van der Waals surface area (Å²) in [6.45, 7) is 4.10. The van der Waals surface area contributed by atoms with Crippen LogP contribution in [0, 0.1) is 5.92 Å². The molecule has 0 aromatic heterocycles. The smallest absolute Gasteiger partial charge is 0.361 e. The molecule has 1 aliphatic carbocycles. The Morgan fingerprint density at radius 2 is 1.87 bits per heavy atom. The van der Waals surface area contributed by atoms with Crippen LogP contribution in [0.5, 0.6) is 0 Å². The van der Waals surface area contributed by atoms with E-state index in [0.29, 0.717) is 29.6 Å². The van der Waals surface area contributed by atoms with Crippen LogP contribution in [0.2, 0.25) is 0 Å². The van der Waals surface area contributed by atoms with Gasteiger partial charge in [-0.15, -0.1) is 0 Å². The Hall–Kier alpha value is -1.92. The predicted octanol–water partition coefficient (Wildman–Crippen LogP) is 3.17. The lowest BCUT2D eigenvalue weighted by Crippen LogP contribution is -2.48. The Morgan fingerprint density at radius 1 is 1.17 bits per heavy atom. The van der Waals surface area contributed by atoms with E-state index in [2.05, 4.69) is 6.92 Å². The average Bonchev–Trinajstić information content (AvgIpc) is 3.39. The van der Waals surface area contributed by atoms with Crippen molar-refractivity contribution >= 4 is 11.9 Å². The number of quaternary nitrogens is 1. The number of rotatable bonds is 9. The summed E-state index contributed by atoms with van der Waals surface area (Å²) in [5, 5.41) is 11.6. The third-order valence-electron chi connectivity index (χ3n) is 6.65. The number of unbranched alkanes of at least 4 members (excludes halogenated alkanes) is 1. The van der Waals surface area contributed by atoms with Crippen molar-refractivity contribution in [3.8, 4) is 0 Å². The van der Waals surface area contributed by atoms with Gasteiger partial charge in [-0.1, -0.05) is 56.5 Å². The maximum Gasteiger partial charge on any atom is 0.361 e. The van der Waals surface area contributed by atoms with E-state index in [0.717, 1.165) is 45.1 Å². The fraction of sp³-hybridized carbons (Fsp3) is 0.667. The summed E-state index contributed by atoms with van der Waals surface area (Å²) in [5.74, 6) is -0.877. The van der Waals surface area contributed by atoms with Crippen molar-refractivity contribution in [3.05, 3.63) is 35.9 Å². The van der Waals surface area contributed by atoms with Crippen LogP contribution in [-0.4, -0.2) is 60.9 Å². The highest BCUT2D eigenvalue weighted by molar-refractivity contribution is 5.81. The van der Waals surface area contributed by atoms with Crippen molar-refractivity contribution in [1.29, 1.82) is 0 Å². The Morgan fingerprint density at radius 3 is 2.53 bits per heavy atom. The molecule has 0 spiro atoms. The molecule has 2 fully saturated rings. The van der Waals surface area contributed by atoms with Gasteiger partial charge < -0.3 is 19.1 Å². The highest BCUT2D eigenvalue weighted by Gasteiger charge is 2.50. The summed E-state index contributed by atoms with van der Waals surface area (Å²) in [6, 6.07) is 9.18. The van der Waals surface area contributed by atoms with Crippen molar-refractivity contribution < 1.29 is 28.7 Å². The topological polar surface area (TPSA) is 72.8 Å². The van der Waals surface area contributed by atoms with Gasteiger partial charge >= 0.3 is 11.9 Å². The van der Waals surface area contributed by atoms with Crippen LogP contribution in [0.15, 0.2) is 30.3 Å². The van der Waals surface area contributed by atoms with Gasteiger partial charge in [0.05, 0.1) is 20.2 Å². The van der Waals surface area contributed by atoms with Gasteiger partial charge in [-0.3, -0.25) is 0 Å². The molecule has 166 valence electrons. The molecule has 1 aromatic rings. The quantitative estimate of drug-likeness (QED) is 0.379. The van der Waals surface area contributed by atoms with Crippen LogP contribution in [0.4, 0.5) is 0 Å². The maximum atomic E-state index is 13.2. The summed E-state index contributed by atoms with van der Waals surface area (Å²) in [4.78, 5) is 25.4. The molecule has 3 atom stereocenters. The van der Waals surface area contributed by atoms with E-state index >= 15 is 0 Å². The van der Waals surface area contributed by atoms with Crippen LogP contribution in [0.1, 0.15) is 57.4 Å². The van der Waals surface area contributed by atoms with Gasteiger partial charge in [0.15, 0.2) is 18.2 Å². The number of carbonyl (C=O) groups is 2. The van der Waals surface area contributed by atoms with E-state index < -0.39 is 11.6 Å². The van der Waals surface area contributed by atoms with Crippen molar-refractivity contribution in [3.63, 3.8) is 0 Å². The largest absolute Gasteiger partial charge is 0.462 e. The number of hydrogen-bond acceptors (Lipinski definition) is 5. The molecule has 6 heteroatoms. The number of carbonyl (C=O) groups excluding carboxylic acids is 2. The zero-order valence-corrected chi connectivity index (χ0v) is 18.3. The molecular formula is C24H36NO5+. The van der Waals surface area contributed by atoms with Crippen LogP contribution in [0.3, 0.4) is 0 Å². The fourth-order valence-electron chi connectivity index (χ4n) is 4.85. The number of ether oxygens (including phenoxy) is 2. The second-order valence-corrected chi connectivity index (χ2v) is 9.19. The first kappa shape index (κ1) is 22.8. The number of likely N-dealkylation sites (tertiary alicyclic amines) is 1. The van der Waals surface area contributed by atoms with Crippen LogP contribution >= 0.6 is 0 Å². The zero-order valence-electron chi connectivity index (χ0n) is 18.3. The van der Waals surface area contributed by atoms with E-state index in [1.807, 2.05) is 25.2 Å². The minimum absolute atomic E-state index is 0.122. The Balaban J connectivity index is 1.63. The molecule has 1 heterocycles. The van der Waals surface area contributed by atoms with Gasteiger partial charge in [-0.05, 0) is 24.8 Å². The standard InChI is InChI=1S/C24H36NO5/c1-3-4-16-29-22(26)18-25(2)15-14-21(17-25)30-23(27)24(28,20-12-8-9-13-20)19-10-6-5-7-11-19/h5-7,10-11,20-21,28H,3-4,8-9,12-18H2,1-2H3/q+1/t21?,24-,25?/m0/s1. The predicted molar refractivity (Wildman–Crippen MR) is 113 cm³/mol. The molecule has 1 N–H and O–H groups in total. The van der Waals surface area contributed by atoms with Gasteiger partial charge in [0, 0.05) is 12.3 Å². The van der Waals surface area contributed by atoms with Gasteiger partial charge in [-0.2, -0.15) is 0 Å². The lowest BCUT2D eigenvalue weighted by molar-refractivity contribution is -0.891. The number of aliphatic hydroxyl groups is 1. The van der Waals surface area contributed by atoms with E-state index in [-0.39, 0.29) is 24.5 Å². The molecule has 0 radical (unpaired) electrons. The third kappa shape index (κ3) is 5.22. The molecule has 2 aliphatic rings. The Labute approximate surface area is 179 Å². The molecule has 2 unspecified atom stereocenters. The third-order valence-corrected chi connectivity index (χ3v) is 6.65. The van der Waals surface area contributed by atoms with Crippen molar-refractivity contribution in [1.82, 2.24) is 0 Å². The summed E-state index contributed by atoms with van der Waals surface area (Å²) < 4.78 is 11.7. The van der Waals surface area contributed by atoms with Crippen LogP contribution in [0.25, 0.3) is 0 Å². The normalized spacial score (nSPS) is 26.3. The first-order valence-corrected chi connectivity index (χ1v) is 11.4. The lowest BCUT2D eigenvalue weighted by Gasteiger charge is -2.33. The molecule has 1 aromatic carbocycles. The highest BCUT2D eigenvalue weighted by Crippen LogP contribution is 2.42. The molecule has 1 saturated carbocycles. The number of benzene rings is 1. The number of esters is 2. The summed E-state index contributed by atoms with van der Waals surface area (Å²) in [6.07, 6.45) is 5.92. The fourth-order valence-corrected chi connectivity index (χ4v) is 4.85. The van der Waals surface area contributed by atoms with Crippen molar-refractivity contribution in [2.24, 2.45) is 5.92 Å². The maximum absolute atomic E-state index is 13.2. The van der Waals surface area contributed by atoms with Crippen LogP contribution < -0.4 is 0 Å². The molecule has 0 bridgehead atoms. The monoisotopic (exact) mass is 418 g/mol. The first-order chi connectivity index (χ1) is 14.4. The Bertz CT molecular complexity index is 718. The van der Waals surface area contributed by atoms with Gasteiger partial charge in [0.1, 0.15) is 6.54 Å². The summed E-state index contributed by atoms with van der Waals surface area (Å²) >= 11 is 0. The van der Waals surface area contributed by atoms with E-state index in [1.54, 1.807) is 12.1 Å². The van der Waals surface area contributed by atoms with Crippen LogP contribution in [-0.2, 0) is 24.7 Å². The molecule has 1 saturated heterocycles. The van der Waals surface area contributed by atoms with Gasteiger partial charge in [0.25, 0.3) is 0 Å². The molecule has 3 rings (SSSR count). The molecule has 30 heavy (non-hydrogen) atoms. The number of nitrogens with zero attached hydrogens (tertiary/aromatic N) is 1. The Kier molecular flexibility index (Phi) is 7.53. The minimum atomic E-state index is -1.61. The SMILES string of the molecule is CCCCOC(=O)C[N+]1(C)CCC(OC(=O)[C@](O)(c2ccccc2)C2CCCC2)C1. The highest BCUT2D eigenvalue weighted by atomic mass is 16.6. The summed E-state index contributed by atoms with van der Waals surface area (Å²) in [5.41, 5.74) is -1.00. The molecule has 0 amide bonds. The second kappa shape index (κ2) is 9.92. The number of hydrogen-bond donors (Lipinski definition) is 1. The second-order valence-electron chi connectivity index (χ2n) is 9.19. The van der Waals surface area contributed by atoms with Gasteiger partial charge in [-0.25, -0.2) is 9.59 Å². The number of likely N-dealkylation sites (N-methyl/N-ethyl adjacent to an activating group) is 1. The van der Waals surface area contributed by atoms with Gasteiger partial charge in [0.2, 0.25) is 0 Å². The van der Waals surface area contributed by atoms with E-state index in [9.17, 15) is 14.7 Å². The zero-order chi connectivity index (χ0) is 21.6. The van der Waals surface area contributed by atoms with Crippen molar-refractivity contribution in [2.45, 2.75) is 63.6 Å². The molecular weight excluding hydrogens is 382 g/mol. The van der Waals surface area contributed by atoms with Crippen molar-refractivity contribution in [2.75, 3.05) is 33.3 Å².